The van der Waals surface area contributed by atoms with Crippen LogP contribution in [0.4, 0.5) is 16.2 Å². The molecular formula is C28H36N4O4S2. The molecule has 10 heteroatoms. The van der Waals surface area contributed by atoms with E-state index in [9.17, 15) is 13.2 Å². The van der Waals surface area contributed by atoms with Crippen LogP contribution in [-0.2, 0) is 16.6 Å². The highest BCUT2D eigenvalue weighted by atomic mass is 32.2. The standard InChI is InChI=1S/C28H36N4O4S2/c1-3-4-16-32(25-15-19-37-21-25)28(33)29-23-13-17-31(18-14-23)20-22-5-9-26(10-6-22)36-27-11-7-24(8-12-27)30-38(2,34)35/h5-12,15,19,21,23,30H,3-4,13-14,16-18,20H2,1-2H3,(H,29,33). The number of anilines is 2. The van der Waals surface area contributed by atoms with Crippen LogP contribution in [0.15, 0.2) is 65.4 Å². The van der Waals surface area contributed by atoms with Gasteiger partial charge in [0.15, 0.2) is 0 Å². The Balaban J connectivity index is 1.23. The number of urea groups is 1. The molecule has 1 aliphatic rings. The molecule has 4 rings (SSSR count). The van der Waals surface area contributed by atoms with Crippen LogP contribution in [0, 0.1) is 0 Å². The molecule has 2 N–H and O–H groups in total. The lowest BCUT2D eigenvalue weighted by molar-refractivity contribution is 0.188. The normalized spacial score (nSPS) is 14.7. The van der Waals surface area contributed by atoms with Crippen LogP contribution in [0.2, 0.25) is 0 Å². The number of carbonyl (C=O) groups is 1. The summed E-state index contributed by atoms with van der Waals surface area (Å²) in [5.41, 5.74) is 2.68. The summed E-state index contributed by atoms with van der Waals surface area (Å²) < 4.78 is 31.0. The number of piperidine rings is 1. The van der Waals surface area contributed by atoms with Crippen LogP contribution in [0.25, 0.3) is 0 Å². The van der Waals surface area contributed by atoms with Crippen molar-refractivity contribution in [2.24, 2.45) is 0 Å². The molecule has 204 valence electrons. The Labute approximate surface area is 229 Å². The molecule has 0 atom stereocenters. The van der Waals surface area contributed by atoms with Gasteiger partial charge in [-0.3, -0.25) is 14.5 Å². The molecule has 0 saturated carbocycles. The fraction of sp³-hybridized carbons (Fsp3) is 0.393. The van der Waals surface area contributed by atoms with Gasteiger partial charge in [0, 0.05) is 43.3 Å². The van der Waals surface area contributed by atoms with Gasteiger partial charge in [-0.1, -0.05) is 25.5 Å². The first-order chi connectivity index (χ1) is 18.3. The third-order valence-electron chi connectivity index (χ3n) is 6.44. The van der Waals surface area contributed by atoms with Gasteiger partial charge in [0.2, 0.25) is 10.0 Å². The molecule has 0 spiro atoms. The van der Waals surface area contributed by atoms with Crippen LogP contribution in [0.3, 0.4) is 0 Å². The van der Waals surface area contributed by atoms with E-state index in [-0.39, 0.29) is 12.1 Å². The average molecular weight is 557 g/mol. The summed E-state index contributed by atoms with van der Waals surface area (Å²) in [6.45, 7) is 5.60. The number of hydrogen-bond donors (Lipinski definition) is 2. The number of nitrogens with one attached hydrogen (secondary N) is 2. The molecule has 2 heterocycles. The quantitative estimate of drug-likeness (QED) is 0.307. The summed E-state index contributed by atoms with van der Waals surface area (Å²) in [7, 11) is -3.30. The summed E-state index contributed by atoms with van der Waals surface area (Å²) in [6, 6.07) is 17.0. The Bertz CT molecular complexity index is 1260. The molecule has 38 heavy (non-hydrogen) atoms. The number of ether oxygens (including phenoxy) is 1. The van der Waals surface area contributed by atoms with Crippen LogP contribution < -0.4 is 19.7 Å². The molecule has 2 aromatic carbocycles. The van der Waals surface area contributed by atoms with Crippen molar-refractivity contribution in [1.29, 1.82) is 0 Å². The topological polar surface area (TPSA) is 91.0 Å². The summed E-state index contributed by atoms with van der Waals surface area (Å²) >= 11 is 1.61. The molecule has 3 aromatic rings. The van der Waals surface area contributed by atoms with Gasteiger partial charge < -0.3 is 10.1 Å². The van der Waals surface area contributed by atoms with Gasteiger partial charge >= 0.3 is 6.03 Å². The van der Waals surface area contributed by atoms with Crippen molar-refractivity contribution in [3.63, 3.8) is 0 Å². The Morgan fingerprint density at radius 2 is 1.71 bits per heavy atom. The lowest BCUT2D eigenvalue weighted by Crippen LogP contribution is -2.49. The number of unbranched alkanes of at least 4 members (excludes halogenated alkanes) is 1. The third-order valence-corrected chi connectivity index (χ3v) is 7.71. The van der Waals surface area contributed by atoms with E-state index in [0.717, 1.165) is 69.6 Å². The van der Waals surface area contributed by atoms with E-state index in [0.29, 0.717) is 11.4 Å². The molecule has 8 nitrogen and oxygen atoms in total. The molecule has 1 aromatic heterocycles. The van der Waals surface area contributed by atoms with Crippen molar-refractivity contribution >= 4 is 38.8 Å². The highest BCUT2D eigenvalue weighted by molar-refractivity contribution is 7.92. The highest BCUT2D eigenvalue weighted by Gasteiger charge is 2.24. The van der Waals surface area contributed by atoms with Gasteiger partial charge in [-0.2, -0.15) is 11.3 Å². The first kappa shape index (κ1) is 27.9. The van der Waals surface area contributed by atoms with Crippen LogP contribution in [-0.4, -0.2) is 51.3 Å². The Kier molecular flexibility index (Phi) is 9.65. The lowest BCUT2D eigenvalue weighted by atomic mass is 10.0. The lowest BCUT2D eigenvalue weighted by Gasteiger charge is -2.33. The predicted octanol–water partition coefficient (Wildman–Crippen LogP) is 5.89. The maximum absolute atomic E-state index is 13.0. The number of amides is 2. The number of carbonyl (C=O) groups excluding carboxylic acids is 1. The van der Waals surface area contributed by atoms with E-state index in [1.807, 2.05) is 33.9 Å². The maximum Gasteiger partial charge on any atom is 0.322 e. The zero-order valence-corrected chi connectivity index (χ0v) is 23.6. The van der Waals surface area contributed by atoms with Crippen LogP contribution >= 0.6 is 11.3 Å². The Hall–Kier alpha value is -3.08. The Morgan fingerprint density at radius 3 is 2.29 bits per heavy atom. The second-order valence-corrected chi connectivity index (χ2v) is 12.2. The first-order valence-corrected chi connectivity index (χ1v) is 15.8. The average Bonchev–Trinajstić information content (AvgIpc) is 3.42. The maximum atomic E-state index is 13.0. The van der Waals surface area contributed by atoms with Crippen molar-refractivity contribution in [1.82, 2.24) is 10.2 Å². The van der Waals surface area contributed by atoms with Crippen molar-refractivity contribution in [3.8, 4) is 11.5 Å². The second-order valence-electron chi connectivity index (χ2n) is 9.63. The Morgan fingerprint density at radius 1 is 1.05 bits per heavy atom. The number of sulfonamides is 1. The monoisotopic (exact) mass is 556 g/mol. The van der Waals surface area contributed by atoms with Crippen molar-refractivity contribution in [3.05, 3.63) is 70.9 Å². The van der Waals surface area contributed by atoms with Gasteiger partial charge in [-0.15, -0.1) is 0 Å². The van der Waals surface area contributed by atoms with Gasteiger partial charge in [0.1, 0.15) is 11.5 Å². The smallest absolute Gasteiger partial charge is 0.322 e. The van der Waals surface area contributed by atoms with E-state index in [1.54, 1.807) is 35.6 Å². The zero-order valence-electron chi connectivity index (χ0n) is 21.9. The summed E-state index contributed by atoms with van der Waals surface area (Å²) in [5.74, 6) is 1.35. The number of thiophene rings is 1. The number of hydrogen-bond acceptors (Lipinski definition) is 6. The SMILES string of the molecule is CCCCN(C(=O)NC1CCN(Cc2ccc(Oc3ccc(NS(C)(=O)=O)cc3)cc2)CC1)c1ccsc1. The number of rotatable bonds is 11. The van der Waals surface area contributed by atoms with Crippen LogP contribution in [0.1, 0.15) is 38.2 Å². The van der Waals surface area contributed by atoms with Crippen LogP contribution in [0.5, 0.6) is 11.5 Å². The summed E-state index contributed by atoms with van der Waals surface area (Å²) in [6.07, 6.45) is 5.03. The van der Waals surface area contributed by atoms with Crippen molar-refractivity contribution in [2.45, 2.75) is 45.2 Å². The van der Waals surface area contributed by atoms with Crippen molar-refractivity contribution < 1.29 is 17.9 Å². The molecule has 0 aliphatic carbocycles. The molecule has 2 amide bonds. The number of likely N-dealkylation sites (tertiary alicyclic amines) is 1. The van der Waals surface area contributed by atoms with E-state index < -0.39 is 10.0 Å². The molecule has 0 unspecified atom stereocenters. The first-order valence-electron chi connectivity index (χ1n) is 13.0. The molecule has 0 radical (unpaired) electrons. The molecule has 1 fully saturated rings. The number of benzene rings is 2. The largest absolute Gasteiger partial charge is 0.457 e. The fourth-order valence-corrected chi connectivity index (χ4v) is 5.63. The minimum Gasteiger partial charge on any atom is -0.457 e. The summed E-state index contributed by atoms with van der Waals surface area (Å²) in [4.78, 5) is 17.3. The van der Waals surface area contributed by atoms with E-state index in [1.165, 1.54) is 5.56 Å². The van der Waals surface area contributed by atoms with E-state index in [4.69, 9.17) is 4.74 Å². The molecule has 0 bridgehead atoms. The fourth-order valence-electron chi connectivity index (χ4n) is 4.43. The minimum atomic E-state index is -3.30. The van der Waals surface area contributed by atoms with Gasteiger partial charge in [-0.05, 0) is 72.7 Å². The molecular weight excluding hydrogens is 520 g/mol. The van der Waals surface area contributed by atoms with E-state index in [2.05, 4.69) is 34.0 Å². The number of nitrogens with zero attached hydrogens (tertiary/aromatic N) is 2. The molecule has 1 saturated heterocycles. The molecule has 1 aliphatic heterocycles. The van der Waals surface area contributed by atoms with Crippen molar-refractivity contribution in [2.75, 3.05) is 35.5 Å². The third kappa shape index (κ3) is 8.47. The van der Waals surface area contributed by atoms with Gasteiger partial charge in [0.05, 0.1) is 11.9 Å². The zero-order chi connectivity index (χ0) is 27.0. The van der Waals surface area contributed by atoms with Gasteiger partial charge in [-0.25, -0.2) is 13.2 Å². The minimum absolute atomic E-state index is 0.00666. The van der Waals surface area contributed by atoms with Gasteiger partial charge in [0.25, 0.3) is 0 Å². The predicted molar refractivity (Wildman–Crippen MR) is 155 cm³/mol. The highest BCUT2D eigenvalue weighted by Crippen LogP contribution is 2.25. The second kappa shape index (κ2) is 13.1. The van der Waals surface area contributed by atoms with E-state index >= 15 is 0 Å². The summed E-state index contributed by atoms with van der Waals surface area (Å²) in [5, 5.41) is 7.30.